The molecule has 0 radical (unpaired) electrons. The third-order valence-electron chi connectivity index (χ3n) is 2.28. The van der Waals surface area contributed by atoms with Gasteiger partial charge in [0, 0.05) is 13.2 Å². The van der Waals surface area contributed by atoms with E-state index >= 15 is 0 Å². The normalized spacial score (nSPS) is 10.9. The molecule has 0 aromatic heterocycles. The van der Waals surface area contributed by atoms with E-state index < -0.39 is 5.91 Å². The van der Waals surface area contributed by atoms with Crippen LogP contribution in [0.5, 0.6) is 5.75 Å². The highest BCUT2D eigenvalue weighted by Crippen LogP contribution is 2.30. The average Bonchev–Trinajstić information content (AvgIpc) is 2.31. The quantitative estimate of drug-likeness (QED) is 0.778. The molecule has 0 aliphatic carbocycles. The van der Waals surface area contributed by atoms with Crippen LogP contribution < -0.4 is 10.5 Å². The Morgan fingerprint density at radius 2 is 1.56 bits per heavy atom. The second-order valence-corrected chi connectivity index (χ2v) is 3.46. The number of nitrogens with two attached hydrogens (primary N) is 1. The molecule has 0 heterocycles. The summed E-state index contributed by atoms with van der Waals surface area (Å²) >= 11 is 0. The van der Waals surface area contributed by atoms with Gasteiger partial charge in [-0.1, -0.05) is 12.1 Å². The van der Waals surface area contributed by atoms with Crippen LogP contribution in [0.15, 0.2) is 24.3 Å². The number of rotatable bonds is 7. The van der Waals surface area contributed by atoms with Crippen molar-refractivity contribution in [3.8, 4) is 5.75 Å². The van der Waals surface area contributed by atoms with Crippen molar-refractivity contribution in [2.24, 2.45) is 5.73 Å². The zero-order valence-electron chi connectivity index (χ0n) is 11.1. The molecule has 0 atom stereocenters. The Hall–Kier alpha value is -0.810. The van der Waals surface area contributed by atoms with Gasteiger partial charge in [0.2, 0.25) is 0 Å². The van der Waals surface area contributed by atoms with Crippen LogP contribution in [0, 0.1) is 0 Å². The Labute approximate surface area is 115 Å². The maximum absolute atomic E-state index is 6.15. The van der Waals surface area contributed by atoms with E-state index in [0.29, 0.717) is 31.1 Å². The van der Waals surface area contributed by atoms with Gasteiger partial charge >= 0.3 is 0 Å². The maximum atomic E-state index is 6.15. The SMILES string of the molecule is CCOc1ccccc1C(N)(OCC)OCC.Cl. The molecule has 5 heteroatoms. The van der Waals surface area contributed by atoms with Crippen molar-refractivity contribution in [3.05, 3.63) is 29.8 Å². The molecule has 2 N–H and O–H groups in total. The fourth-order valence-corrected chi connectivity index (χ4v) is 1.66. The molecule has 18 heavy (non-hydrogen) atoms. The highest BCUT2D eigenvalue weighted by atomic mass is 35.5. The standard InChI is InChI=1S/C13H21NO3.ClH/c1-4-15-12-10-8-7-9-11(12)13(14,16-5-2)17-6-3;/h7-10H,4-6,14H2,1-3H3;1H. The predicted octanol–water partition coefficient (Wildman–Crippen LogP) is 2.65. The first-order valence-corrected chi connectivity index (χ1v) is 5.97. The molecule has 1 rings (SSSR count). The van der Waals surface area contributed by atoms with Gasteiger partial charge < -0.3 is 14.2 Å². The van der Waals surface area contributed by atoms with Gasteiger partial charge in [-0.2, -0.15) is 0 Å². The lowest BCUT2D eigenvalue weighted by Crippen LogP contribution is -2.43. The lowest BCUT2D eigenvalue weighted by atomic mass is 10.1. The molecule has 0 spiro atoms. The number of para-hydroxylation sites is 1. The monoisotopic (exact) mass is 275 g/mol. The molecule has 104 valence electrons. The molecule has 0 aliphatic rings. The molecule has 0 saturated heterocycles. The number of hydrogen-bond acceptors (Lipinski definition) is 4. The minimum atomic E-state index is -1.24. The van der Waals surface area contributed by atoms with Crippen LogP contribution in [0.2, 0.25) is 0 Å². The van der Waals surface area contributed by atoms with Crippen LogP contribution in [0.4, 0.5) is 0 Å². The van der Waals surface area contributed by atoms with E-state index in [1.807, 2.05) is 45.0 Å². The predicted molar refractivity (Wildman–Crippen MR) is 74.0 cm³/mol. The molecule has 0 saturated carbocycles. The molecule has 0 amide bonds. The fraction of sp³-hybridized carbons (Fsp3) is 0.538. The van der Waals surface area contributed by atoms with Crippen molar-refractivity contribution in [3.63, 3.8) is 0 Å². The fourth-order valence-electron chi connectivity index (χ4n) is 1.66. The second-order valence-electron chi connectivity index (χ2n) is 3.46. The van der Waals surface area contributed by atoms with Gasteiger partial charge in [0.1, 0.15) is 5.75 Å². The summed E-state index contributed by atoms with van der Waals surface area (Å²) in [5, 5.41) is 0. The van der Waals surface area contributed by atoms with Gasteiger partial charge in [-0.05, 0) is 32.9 Å². The molecule has 1 aromatic rings. The molecule has 0 aliphatic heterocycles. The van der Waals surface area contributed by atoms with E-state index in [-0.39, 0.29) is 12.4 Å². The Morgan fingerprint density at radius 1 is 1.00 bits per heavy atom. The van der Waals surface area contributed by atoms with Crippen molar-refractivity contribution in [2.75, 3.05) is 19.8 Å². The van der Waals surface area contributed by atoms with Gasteiger partial charge in [0.25, 0.3) is 5.91 Å². The molecular weight excluding hydrogens is 254 g/mol. The Balaban J connectivity index is 0.00000289. The Kier molecular flexibility index (Phi) is 7.95. The Bertz CT molecular complexity index is 341. The van der Waals surface area contributed by atoms with Crippen LogP contribution in [0.3, 0.4) is 0 Å². The minimum absolute atomic E-state index is 0. The average molecular weight is 276 g/mol. The van der Waals surface area contributed by atoms with Crippen LogP contribution in [0.1, 0.15) is 26.3 Å². The Morgan fingerprint density at radius 3 is 2.06 bits per heavy atom. The van der Waals surface area contributed by atoms with Crippen molar-refractivity contribution >= 4 is 12.4 Å². The van der Waals surface area contributed by atoms with E-state index in [9.17, 15) is 0 Å². The first-order chi connectivity index (χ1) is 8.18. The summed E-state index contributed by atoms with van der Waals surface area (Å²) in [5.74, 6) is -0.547. The minimum Gasteiger partial charge on any atom is -0.493 e. The van der Waals surface area contributed by atoms with Gasteiger partial charge in [-0.3, -0.25) is 5.73 Å². The van der Waals surface area contributed by atoms with E-state index in [0.717, 1.165) is 0 Å². The molecular formula is C13H22ClNO3. The molecule has 4 nitrogen and oxygen atoms in total. The smallest absolute Gasteiger partial charge is 0.256 e. The molecule has 0 unspecified atom stereocenters. The highest BCUT2D eigenvalue weighted by molar-refractivity contribution is 5.85. The van der Waals surface area contributed by atoms with E-state index in [1.165, 1.54) is 0 Å². The lowest BCUT2D eigenvalue weighted by Gasteiger charge is -2.30. The zero-order chi connectivity index (χ0) is 12.7. The number of benzene rings is 1. The van der Waals surface area contributed by atoms with Crippen LogP contribution >= 0.6 is 12.4 Å². The van der Waals surface area contributed by atoms with E-state index in [2.05, 4.69) is 0 Å². The first kappa shape index (κ1) is 17.2. The van der Waals surface area contributed by atoms with Crippen molar-refractivity contribution in [1.29, 1.82) is 0 Å². The molecule has 1 aromatic carbocycles. The largest absolute Gasteiger partial charge is 0.493 e. The highest BCUT2D eigenvalue weighted by Gasteiger charge is 2.31. The van der Waals surface area contributed by atoms with Crippen molar-refractivity contribution in [1.82, 2.24) is 0 Å². The van der Waals surface area contributed by atoms with Gasteiger partial charge in [0.05, 0.1) is 12.2 Å². The second kappa shape index (κ2) is 8.32. The lowest BCUT2D eigenvalue weighted by molar-refractivity contribution is -0.239. The van der Waals surface area contributed by atoms with Crippen LogP contribution in [-0.4, -0.2) is 19.8 Å². The third kappa shape index (κ3) is 4.14. The molecule has 0 bridgehead atoms. The summed E-state index contributed by atoms with van der Waals surface area (Å²) in [5.41, 5.74) is 6.86. The zero-order valence-corrected chi connectivity index (χ0v) is 12.0. The third-order valence-corrected chi connectivity index (χ3v) is 2.28. The number of halogens is 1. The first-order valence-electron chi connectivity index (χ1n) is 5.97. The summed E-state index contributed by atoms with van der Waals surface area (Å²) in [6, 6.07) is 7.50. The van der Waals surface area contributed by atoms with Crippen molar-refractivity contribution in [2.45, 2.75) is 26.7 Å². The van der Waals surface area contributed by atoms with E-state index in [4.69, 9.17) is 19.9 Å². The summed E-state index contributed by atoms with van der Waals surface area (Å²) in [6.07, 6.45) is 0. The number of ether oxygens (including phenoxy) is 3. The topological polar surface area (TPSA) is 53.7 Å². The summed E-state index contributed by atoms with van der Waals surface area (Å²) < 4.78 is 16.6. The molecule has 0 fully saturated rings. The summed E-state index contributed by atoms with van der Waals surface area (Å²) in [7, 11) is 0. The summed E-state index contributed by atoms with van der Waals surface area (Å²) in [4.78, 5) is 0. The van der Waals surface area contributed by atoms with Crippen LogP contribution in [-0.2, 0) is 15.4 Å². The van der Waals surface area contributed by atoms with E-state index in [1.54, 1.807) is 0 Å². The van der Waals surface area contributed by atoms with Gasteiger partial charge in [0.15, 0.2) is 0 Å². The van der Waals surface area contributed by atoms with Gasteiger partial charge in [-0.15, -0.1) is 12.4 Å². The summed E-state index contributed by atoms with van der Waals surface area (Å²) in [6.45, 7) is 7.20. The number of hydrogen-bond donors (Lipinski definition) is 1. The maximum Gasteiger partial charge on any atom is 0.256 e. The van der Waals surface area contributed by atoms with Crippen LogP contribution in [0.25, 0.3) is 0 Å². The van der Waals surface area contributed by atoms with Gasteiger partial charge in [-0.25, -0.2) is 0 Å². The van der Waals surface area contributed by atoms with Crippen molar-refractivity contribution < 1.29 is 14.2 Å².